The van der Waals surface area contributed by atoms with Gasteiger partial charge in [0.05, 0.1) is 0 Å². The quantitative estimate of drug-likeness (QED) is 0.492. The molecule has 0 spiro atoms. The zero-order chi connectivity index (χ0) is 12.5. The normalized spacial score (nSPS) is 12.9. The Morgan fingerprint density at radius 3 is 2.76 bits per heavy atom. The fourth-order valence-corrected chi connectivity index (χ4v) is 2.95. The van der Waals surface area contributed by atoms with Crippen LogP contribution in [0.1, 0.15) is 50.4 Å². The average molecular weight is 251 g/mol. The molecule has 0 bridgehead atoms. The molecular weight excluding hydrogens is 226 g/mol. The highest BCUT2D eigenvalue weighted by molar-refractivity contribution is 7.10. The van der Waals surface area contributed by atoms with Crippen LogP contribution in [0.15, 0.2) is 30.2 Å². The summed E-state index contributed by atoms with van der Waals surface area (Å²) >= 11 is 1.86. The van der Waals surface area contributed by atoms with Gasteiger partial charge in [0.15, 0.2) is 0 Å². The Bertz CT molecular complexity index is 290. The van der Waals surface area contributed by atoms with Crippen molar-refractivity contribution in [1.82, 2.24) is 5.32 Å². The predicted molar refractivity (Wildman–Crippen MR) is 78.6 cm³/mol. The van der Waals surface area contributed by atoms with E-state index < -0.39 is 0 Å². The Morgan fingerprint density at radius 2 is 2.18 bits per heavy atom. The first-order valence-electron chi connectivity index (χ1n) is 6.63. The molecule has 0 aliphatic heterocycles. The second-order valence-corrected chi connectivity index (χ2v) is 5.81. The van der Waals surface area contributed by atoms with E-state index in [1.54, 1.807) is 0 Å². The largest absolute Gasteiger partial charge is 0.309 e. The first kappa shape index (κ1) is 14.5. The Kier molecular flexibility index (Phi) is 7.22. The summed E-state index contributed by atoms with van der Waals surface area (Å²) in [6.45, 7) is 9.45. The molecule has 0 saturated heterocycles. The van der Waals surface area contributed by atoms with Crippen LogP contribution in [-0.4, -0.2) is 6.54 Å². The first-order valence-corrected chi connectivity index (χ1v) is 7.51. The number of nitrogens with one attached hydrogen (secondary N) is 1. The maximum atomic E-state index is 3.75. The number of hydrogen-bond donors (Lipinski definition) is 1. The van der Waals surface area contributed by atoms with Crippen molar-refractivity contribution < 1.29 is 0 Å². The van der Waals surface area contributed by atoms with Crippen LogP contribution in [-0.2, 0) is 0 Å². The highest BCUT2D eigenvalue weighted by Gasteiger charge is 2.15. The maximum Gasteiger partial charge on any atom is 0.0438 e. The van der Waals surface area contributed by atoms with E-state index in [4.69, 9.17) is 0 Å². The fraction of sp³-hybridized carbons (Fsp3) is 0.600. The summed E-state index contributed by atoms with van der Waals surface area (Å²) in [6.07, 6.45) is 7.00. The lowest BCUT2D eigenvalue weighted by Gasteiger charge is -2.21. The molecular formula is C15H25NS. The van der Waals surface area contributed by atoms with Crippen LogP contribution in [0.4, 0.5) is 0 Å². The van der Waals surface area contributed by atoms with Crippen LogP contribution >= 0.6 is 11.3 Å². The standard InChI is InChI=1S/C15H25NS/c1-4-5-6-7-8-11-16-15(13(2)3)14-10-9-12-17-14/h4,9-10,12-13,15-16H,1,5-8,11H2,2-3H3. The number of thiophene rings is 1. The Labute approximate surface area is 110 Å². The summed E-state index contributed by atoms with van der Waals surface area (Å²) in [4.78, 5) is 1.46. The van der Waals surface area contributed by atoms with Crippen molar-refractivity contribution >= 4 is 11.3 Å². The molecule has 1 N–H and O–H groups in total. The zero-order valence-electron chi connectivity index (χ0n) is 11.1. The third kappa shape index (κ3) is 5.51. The highest BCUT2D eigenvalue weighted by Crippen LogP contribution is 2.25. The summed E-state index contributed by atoms with van der Waals surface area (Å²) in [5.41, 5.74) is 0. The van der Waals surface area contributed by atoms with Crippen LogP contribution in [0.25, 0.3) is 0 Å². The van der Waals surface area contributed by atoms with Gasteiger partial charge in [-0.05, 0) is 43.2 Å². The molecule has 1 atom stereocenters. The van der Waals surface area contributed by atoms with E-state index in [-0.39, 0.29) is 0 Å². The lowest BCUT2D eigenvalue weighted by atomic mass is 10.0. The summed E-state index contributed by atoms with van der Waals surface area (Å²) in [5, 5.41) is 5.85. The van der Waals surface area contributed by atoms with Crippen LogP contribution in [0.3, 0.4) is 0 Å². The van der Waals surface area contributed by atoms with Crippen LogP contribution in [0.5, 0.6) is 0 Å². The number of hydrogen-bond acceptors (Lipinski definition) is 2. The lowest BCUT2D eigenvalue weighted by Crippen LogP contribution is -2.25. The van der Waals surface area contributed by atoms with Gasteiger partial charge in [-0.1, -0.05) is 32.4 Å². The van der Waals surface area contributed by atoms with Gasteiger partial charge in [0, 0.05) is 10.9 Å². The molecule has 1 unspecified atom stereocenters. The summed E-state index contributed by atoms with van der Waals surface area (Å²) < 4.78 is 0. The van der Waals surface area contributed by atoms with Crippen LogP contribution < -0.4 is 5.32 Å². The minimum absolute atomic E-state index is 0.523. The highest BCUT2D eigenvalue weighted by atomic mass is 32.1. The van der Waals surface area contributed by atoms with E-state index >= 15 is 0 Å². The van der Waals surface area contributed by atoms with E-state index in [0.29, 0.717) is 12.0 Å². The van der Waals surface area contributed by atoms with Crippen molar-refractivity contribution in [3.05, 3.63) is 35.0 Å². The monoisotopic (exact) mass is 251 g/mol. The van der Waals surface area contributed by atoms with Crippen molar-refractivity contribution in [3.63, 3.8) is 0 Å². The van der Waals surface area contributed by atoms with Crippen molar-refractivity contribution in [2.75, 3.05) is 6.54 Å². The van der Waals surface area contributed by atoms with Crippen LogP contribution in [0, 0.1) is 5.92 Å². The van der Waals surface area contributed by atoms with E-state index in [0.717, 1.165) is 13.0 Å². The third-order valence-electron chi connectivity index (χ3n) is 2.97. The molecule has 1 rings (SSSR count). The topological polar surface area (TPSA) is 12.0 Å². The van der Waals surface area contributed by atoms with Crippen molar-refractivity contribution in [3.8, 4) is 0 Å². The zero-order valence-corrected chi connectivity index (χ0v) is 11.9. The van der Waals surface area contributed by atoms with Gasteiger partial charge in [0.25, 0.3) is 0 Å². The van der Waals surface area contributed by atoms with Gasteiger partial charge >= 0.3 is 0 Å². The number of unbranched alkanes of at least 4 members (excludes halogenated alkanes) is 3. The SMILES string of the molecule is C=CCCCCCNC(c1cccs1)C(C)C. The molecule has 0 amide bonds. The second-order valence-electron chi connectivity index (χ2n) is 4.83. The first-order chi connectivity index (χ1) is 8.25. The molecule has 1 heterocycles. The molecule has 0 aliphatic rings. The summed E-state index contributed by atoms with van der Waals surface area (Å²) in [5.74, 6) is 0.654. The molecule has 1 nitrogen and oxygen atoms in total. The molecule has 17 heavy (non-hydrogen) atoms. The van der Waals surface area contributed by atoms with E-state index in [1.165, 1.54) is 24.1 Å². The molecule has 96 valence electrons. The average Bonchev–Trinajstić information content (AvgIpc) is 2.81. The van der Waals surface area contributed by atoms with E-state index in [2.05, 4.69) is 43.3 Å². The fourth-order valence-electron chi connectivity index (χ4n) is 1.98. The predicted octanol–water partition coefficient (Wildman–Crippen LogP) is 4.78. The van der Waals surface area contributed by atoms with E-state index in [9.17, 15) is 0 Å². The molecule has 0 radical (unpaired) electrons. The van der Waals surface area contributed by atoms with Gasteiger partial charge in [-0.25, -0.2) is 0 Å². The molecule has 2 heteroatoms. The number of rotatable bonds is 9. The summed E-state index contributed by atoms with van der Waals surface area (Å²) in [7, 11) is 0. The van der Waals surface area contributed by atoms with Crippen LogP contribution in [0.2, 0.25) is 0 Å². The molecule has 0 fully saturated rings. The Hall–Kier alpha value is -0.600. The summed E-state index contributed by atoms with van der Waals surface area (Å²) in [6, 6.07) is 4.90. The van der Waals surface area contributed by atoms with E-state index in [1.807, 2.05) is 17.4 Å². The molecule has 0 saturated carbocycles. The lowest BCUT2D eigenvalue weighted by molar-refractivity contribution is 0.411. The van der Waals surface area contributed by atoms with Crippen molar-refractivity contribution in [2.45, 2.75) is 45.6 Å². The smallest absolute Gasteiger partial charge is 0.0438 e. The molecule has 0 aliphatic carbocycles. The molecule has 1 aromatic heterocycles. The van der Waals surface area contributed by atoms with Gasteiger partial charge in [0.1, 0.15) is 0 Å². The Balaban J connectivity index is 2.24. The Morgan fingerprint density at radius 1 is 1.35 bits per heavy atom. The van der Waals surface area contributed by atoms with Crippen molar-refractivity contribution in [1.29, 1.82) is 0 Å². The maximum absolute atomic E-state index is 3.75. The molecule has 1 aromatic rings. The van der Waals surface area contributed by atoms with Gasteiger partial charge in [0.2, 0.25) is 0 Å². The second kappa shape index (κ2) is 8.48. The van der Waals surface area contributed by atoms with Gasteiger partial charge < -0.3 is 5.32 Å². The number of allylic oxidation sites excluding steroid dienone is 1. The van der Waals surface area contributed by atoms with Gasteiger partial charge in [-0.2, -0.15) is 0 Å². The minimum Gasteiger partial charge on any atom is -0.309 e. The molecule has 0 aromatic carbocycles. The van der Waals surface area contributed by atoms with Gasteiger partial charge in [-0.15, -0.1) is 17.9 Å². The minimum atomic E-state index is 0.523. The third-order valence-corrected chi connectivity index (χ3v) is 3.92. The van der Waals surface area contributed by atoms with Crippen molar-refractivity contribution in [2.24, 2.45) is 5.92 Å². The van der Waals surface area contributed by atoms with Gasteiger partial charge in [-0.3, -0.25) is 0 Å².